The summed E-state index contributed by atoms with van der Waals surface area (Å²) in [5.74, 6) is 0. The number of carbonyl (C=O) groups is 1. The van der Waals surface area contributed by atoms with Crippen LogP contribution in [0.2, 0.25) is 0 Å². The van der Waals surface area contributed by atoms with Crippen molar-refractivity contribution in [2.24, 2.45) is 4.99 Å². The second kappa shape index (κ2) is 5.54. The van der Waals surface area contributed by atoms with Crippen molar-refractivity contribution in [3.8, 4) is 0 Å². The number of hydrogen-bond acceptors (Lipinski definition) is 2. The molecule has 3 nitrogen and oxygen atoms in total. The number of halogens is 1. The van der Waals surface area contributed by atoms with E-state index in [2.05, 4.69) is 25.7 Å². The van der Waals surface area contributed by atoms with Gasteiger partial charge in [-0.15, -0.1) is 0 Å². The fourth-order valence-electron chi connectivity index (χ4n) is 0.837. The molecule has 74 valence electrons. The quantitative estimate of drug-likeness (QED) is 0.763. The monoisotopic (exact) mass is 255 g/mol. The van der Waals surface area contributed by atoms with E-state index in [1.54, 1.807) is 6.92 Å². The maximum Gasteiger partial charge on any atom is 0.433 e. The van der Waals surface area contributed by atoms with Gasteiger partial charge in [0.25, 0.3) is 0 Å². The standard InChI is InChI=1S/C10H10BrNO2/c1-2-14-10(13)12-7-8-3-5-9(11)6-4-8/h3-7H,2H2,1H3/b12-7+. The number of amides is 1. The number of benzene rings is 1. The van der Waals surface area contributed by atoms with Crippen LogP contribution in [0, 0.1) is 0 Å². The largest absolute Gasteiger partial charge is 0.448 e. The summed E-state index contributed by atoms with van der Waals surface area (Å²) in [4.78, 5) is 14.5. The summed E-state index contributed by atoms with van der Waals surface area (Å²) in [6.45, 7) is 2.09. The van der Waals surface area contributed by atoms with Crippen LogP contribution in [0.25, 0.3) is 0 Å². The zero-order chi connectivity index (χ0) is 10.4. The van der Waals surface area contributed by atoms with Crippen LogP contribution in [0.5, 0.6) is 0 Å². The molecule has 1 amide bonds. The molecule has 0 aromatic heterocycles. The Morgan fingerprint density at radius 1 is 1.50 bits per heavy atom. The second-order valence-electron chi connectivity index (χ2n) is 2.51. The van der Waals surface area contributed by atoms with Crippen molar-refractivity contribution in [2.75, 3.05) is 6.61 Å². The third-order valence-corrected chi connectivity index (χ3v) is 1.99. The molecule has 1 aromatic carbocycles. The van der Waals surface area contributed by atoms with Gasteiger partial charge in [0.15, 0.2) is 0 Å². The van der Waals surface area contributed by atoms with E-state index in [9.17, 15) is 4.79 Å². The molecule has 0 aliphatic heterocycles. The van der Waals surface area contributed by atoms with Crippen molar-refractivity contribution in [2.45, 2.75) is 6.92 Å². The van der Waals surface area contributed by atoms with Crippen LogP contribution in [0.3, 0.4) is 0 Å². The molecule has 1 aromatic rings. The van der Waals surface area contributed by atoms with Crippen LogP contribution < -0.4 is 0 Å². The number of carbonyl (C=O) groups excluding carboxylic acids is 1. The SMILES string of the molecule is CCOC(=O)/N=C/c1ccc(Br)cc1. The molecule has 1 rings (SSSR count). The van der Waals surface area contributed by atoms with Crippen LogP contribution >= 0.6 is 15.9 Å². The lowest BCUT2D eigenvalue weighted by molar-refractivity contribution is 0.164. The summed E-state index contributed by atoms with van der Waals surface area (Å²) in [6, 6.07) is 7.47. The van der Waals surface area contributed by atoms with Crippen LogP contribution in [0.4, 0.5) is 4.79 Å². The van der Waals surface area contributed by atoms with E-state index in [4.69, 9.17) is 0 Å². The minimum Gasteiger partial charge on any atom is -0.448 e. The van der Waals surface area contributed by atoms with E-state index < -0.39 is 6.09 Å². The van der Waals surface area contributed by atoms with Gasteiger partial charge in [0.1, 0.15) is 0 Å². The van der Waals surface area contributed by atoms with Gasteiger partial charge >= 0.3 is 6.09 Å². The topological polar surface area (TPSA) is 38.7 Å². The summed E-state index contributed by atoms with van der Waals surface area (Å²) >= 11 is 3.31. The molecule has 0 atom stereocenters. The molecule has 0 N–H and O–H groups in total. The molecular weight excluding hydrogens is 246 g/mol. The fraction of sp³-hybridized carbons (Fsp3) is 0.200. The Morgan fingerprint density at radius 2 is 2.14 bits per heavy atom. The average Bonchev–Trinajstić information content (AvgIpc) is 2.17. The molecule has 0 unspecified atom stereocenters. The second-order valence-corrected chi connectivity index (χ2v) is 3.42. The predicted octanol–water partition coefficient (Wildman–Crippen LogP) is 3.02. The zero-order valence-electron chi connectivity index (χ0n) is 7.74. The Morgan fingerprint density at radius 3 is 2.71 bits per heavy atom. The van der Waals surface area contributed by atoms with Crippen molar-refractivity contribution in [1.82, 2.24) is 0 Å². The van der Waals surface area contributed by atoms with Crippen LogP contribution in [-0.2, 0) is 4.74 Å². The van der Waals surface area contributed by atoms with E-state index in [1.165, 1.54) is 6.21 Å². The average molecular weight is 256 g/mol. The molecule has 0 aliphatic carbocycles. The molecule has 0 heterocycles. The van der Waals surface area contributed by atoms with Gasteiger partial charge in [-0.1, -0.05) is 28.1 Å². The highest BCUT2D eigenvalue weighted by Crippen LogP contribution is 2.09. The van der Waals surface area contributed by atoms with E-state index in [-0.39, 0.29) is 0 Å². The van der Waals surface area contributed by atoms with Crippen molar-refractivity contribution in [3.63, 3.8) is 0 Å². The molecular formula is C10H10BrNO2. The highest BCUT2D eigenvalue weighted by Gasteiger charge is 1.94. The normalized spacial score (nSPS) is 10.4. The van der Waals surface area contributed by atoms with Gasteiger partial charge in [0.2, 0.25) is 0 Å². The number of hydrogen-bond donors (Lipinski definition) is 0. The first-order valence-corrected chi connectivity index (χ1v) is 4.98. The smallest absolute Gasteiger partial charge is 0.433 e. The molecule has 0 saturated carbocycles. The first kappa shape index (κ1) is 10.9. The van der Waals surface area contributed by atoms with Crippen LogP contribution in [0.15, 0.2) is 33.7 Å². The van der Waals surface area contributed by atoms with Gasteiger partial charge in [-0.05, 0) is 24.6 Å². The summed E-state index contributed by atoms with van der Waals surface area (Å²) in [7, 11) is 0. The highest BCUT2D eigenvalue weighted by molar-refractivity contribution is 9.10. The number of rotatable bonds is 2. The Balaban J connectivity index is 2.60. The number of nitrogens with zero attached hydrogens (tertiary/aromatic N) is 1. The number of ether oxygens (including phenoxy) is 1. The maximum absolute atomic E-state index is 10.9. The van der Waals surface area contributed by atoms with E-state index in [0.29, 0.717) is 6.61 Å². The van der Waals surface area contributed by atoms with Crippen LogP contribution in [0.1, 0.15) is 12.5 Å². The Hall–Kier alpha value is -1.16. The third-order valence-electron chi connectivity index (χ3n) is 1.46. The molecule has 0 spiro atoms. The van der Waals surface area contributed by atoms with Gasteiger partial charge in [0, 0.05) is 10.7 Å². The molecule has 0 saturated heterocycles. The summed E-state index contributed by atoms with van der Waals surface area (Å²) in [6.07, 6.45) is 0.917. The zero-order valence-corrected chi connectivity index (χ0v) is 9.32. The summed E-state index contributed by atoms with van der Waals surface area (Å²) in [5, 5.41) is 0. The first-order valence-electron chi connectivity index (χ1n) is 4.18. The third kappa shape index (κ3) is 3.70. The first-order chi connectivity index (χ1) is 6.72. The molecule has 0 bridgehead atoms. The lowest BCUT2D eigenvalue weighted by atomic mass is 10.2. The van der Waals surface area contributed by atoms with Gasteiger partial charge in [-0.25, -0.2) is 4.79 Å². The highest BCUT2D eigenvalue weighted by atomic mass is 79.9. The van der Waals surface area contributed by atoms with E-state index >= 15 is 0 Å². The van der Waals surface area contributed by atoms with E-state index in [0.717, 1.165) is 10.0 Å². The van der Waals surface area contributed by atoms with Gasteiger partial charge in [-0.3, -0.25) is 0 Å². The lowest BCUT2D eigenvalue weighted by Gasteiger charge is -1.94. The fourth-order valence-corrected chi connectivity index (χ4v) is 1.10. The molecule has 14 heavy (non-hydrogen) atoms. The maximum atomic E-state index is 10.9. The molecule has 0 fully saturated rings. The van der Waals surface area contributed by atoms with Gasteiger partial charge in [-0.2, -0.15) is 4.99 Å². The van der Waals surface area contributed by atoms with Gasteiger partial charge < -0.3 is 4.74 Å². The van der Waals surface area contributed by atoms with Crippen molar-refractivity contribution < 1.29 is 9.53 Å². The minimum absolute atomic E-state index is 0.344. The Bertz CT molecular complexity index is 332. The van der Waals surface area contributed by atoms with E-state index in [1.807, 2.05) is 24.3 Å². The molecule has 0 radical (unpaired) electrons. The van der Waals surface area contributed by atoms with Crippen molar-refractivity contribution in [3.05, 3.63) is 34.3 Å². The van der Waals surface area contributed by atoms with Crippen molar-refractivity contribution in [1.29, 1.82) is 0 Å². The summed E-state index contributed by atoms with van der Waals surface area (Å²) < 4.78 is 5.63. The Labute approximate surface area is 90.9 Å². The molecule has 0 aliphatic rings. The van der Waals surface area contributed by atoms with Gasteiger partial charge in [0.05, 0.1) is 6.61 Å². The predicted molar refractivity (Wildman–Crippen MR) is 58.8 cm³/mol. The van der Waals surface area contributed by atoms with Crippen LogP contribution in [-0.4, -0.2) is 18.9 Å². The summed E-state index contributed by atoms with van der Waals surface area (Å²) in [5.41, 5.74) is 0.862. The lowest BCUT2D eigenvalue weighted by Crippen LogP contribution is -1.97. The van der Waals surface area contributed by atoms with Crippen molar-refractivity contribution >= 4 is 28.2 Å². The Kier molecular flexibility index (Phi) is 4.32. The number of aliphatic imine (C=N–C) groups is 1. The molecule has 4 heteroatoms. The minimum atomic E-state index is -0.560.